The Hall–Kier alpha value is -2.87. The summed E-state index contributed by atoms with van der Waals surface area (Å²) >= 11 is 16.1. The Morgan fingerprint density at radius 1 is 1.10 bits per heavy atom. The van der Waals surface area contributed by atoms with Crippen molar-refractivity contribution in [2.24, 2.45) is 5.10 Å². The van der Waals surface area contributed by atoms with Crippen LogP contribution < -0.4 is 15.5 Å². The Morgan fingerprint density at radius 3 is 2.51 bits per heavy atom. The summed E-state index contributed by atoms with van der Waals surface area (Å²) in [5, 5.41) is 9.33. The summed E-state index contributed by atoms with van der Waals surface area (Å²) in [6, 6.07) is 15.8. The number of nitrogens with one attached hydrogen (secondary N) is 2. The summed E-state index contributed by atoms with van der Waals surface area (Å²) in [7, 11) is 0. The smallest absolute Gasteiger partial charge is 0.416 e. The van der Waals surface area contributed by atoms with Crippen molar-refractivity contribution >= 4 is 80.1 Å². The predicted octanol–water partition coefficient (Wildman–Crippen LogP) is 8.09. The van der Waals surface area contributed by atoms with Gasteiger partial charge in [-0.15, -0.1) is 11.3 Å². The number of anilines is 2. The minimum absolute atomic E-state index is 0.0784. The van der Waals surface area contributed by atoms with Gasteiger partial charge >= 0.3 is 6.18 Å². The number of alkyl halides is 3. The van der Waals surface area contributed by atoms with Gasteiger partial charge in [0.25, 0.3) is 0 Å². The third-order valence-electron chi connectivity index (χ3n) is 5.05. The SMILES string of the molecule is O=C(Cc1csc(Nc2cccc(C(F)(F)F)c2)n1)N/N=C\c1cc(Cl)c(OCc2ccc(I)cc2)c(Cl)c1. The second-order valence-electron chi connectivity index (χ2n) is 8.05. The van der Waals surface area contributed by atoms with E-state index in [2.05, 4.69) is 43.4 Å². The second-order valence-corrected chi connectivity index (χ2v) is 11.0. The van der Waals surface area contributed by atoms with Gasteiger partial charge in [0.05, 0.1) is 33.9 Å². The summed E-state index contributed by atoms with van der Waals surface area (Å²) in [6.45, 7) is 0.299. The molecule has 0 aliphatic rings. The van der Waals surface area contributed by atoms with Gasteiger partial charge in [-0.2, -0.15) is 18.3 Å². The summed E-state index contributed by atoms with van der Waals surface area (Å²) in [4.78, 5) is 16.5. The zero-order valence-corrected chi connectivity index (χ0v) is 24.2. The number of carbonyl (C=O) groups is 1. The lowest BCUT2D eigenvalue weighted by Gasteiger charge is -2.11. The number of ether oxygens (including phenoxy) is 1. The molecule has 2 N–H and O–H groups in total. The van der Waals surface area contributed by atoms with E-state index in [1.54, 1.807) is 17.5 Å². The quantitative estimate of drug-likeness (QED) is 0.105. The zero-order chi connectivity index (χ0) is 28.0. The molecule has 0 saturated carbocycles. The van der Waals surface area contributed by atoms with Crippen molar-refractivity contribution in [3.05, 3.63) is 102 Å². The first-order chi connectivity index (χ1) is 18.6. The Kier molecular flexibility index (Phi) is 9.70. The van der Waals surface area contributed by atoms with E-state index in [-0.39, 0.29) is 12.1 Å². The molecular formula is C26H18Cl2F3IN4O2S. The van der Waals surface area contributed by atoms with E-state index in [0.717, 1.165) is 32.6 Å². The van der Waals surface area contributed by atoms with Gasteiger partial charge in [0.2, 0.25) is 5.91 Å². The molecular weight excluding hydrogens is 687 g/mol. The Bertz CT molecular complexity index is 1470. The molecule has 0 aliphatic heterocycles. The molecule has 3 aromatic carbocycles. The number of aromatic nitrogens is 1. The largest absolute Gasteiger partial charge is 0.486 e. The van der Waals surface area contributed by atoms with Crippen LogP contribution in [0.25, 0.3) is 0 Å². The van der Waals surface area contributed by atoms with E-state index in [1.807, 2.05) is 24.3 Å². The van der Waals surface area contributed by atoms with Crippen molar-refractivity contribution in [2.75, 3.05) is 5.32 Å². The minimum Gasteiger partial charge on any atom is -0.486 e. The number of hydrazone groups is 1. The fourth-order valence-electron chi connectivity index (χ4n) is 3.25. The number of nitrogens with zero attached hydrogens (tertiary/aromatic N) is 2. The predicted molar refractivity (Wildman–Crippen MR) is 156 cm³/mol. The van der Waals surface area contributed by atoms with Crippen molar-refractivity contribution < 1.29 is 22.7 Å². The second kappa shape index (κ2) is 13.0. The Morgan fingerprint density at radius 2 is 1.82 bits per heavy atom. The fourth-order valence-corrected chi connectivity index (χ4v) is 4.96. The highest BCUT2D eigenvalue weighted by Crippen LogP contribution is 2.35. The van der Waals surface area contributed by atoms with E-state index in [4.69, 9.17) is 27.9 Å². The van der Waals surface area contributed by atoms with Crippen LogP contribution in [-0.4, -0.2) is 17.1 Å². The topological polar surface area (TPSA) is 75.6 Å². The third kappa shape index (κ3) is 8.56. The monoisotopic (exact) mass is 704 g/mol. The van der Waals surface area contributed by atoms with Crippen molar-refractivity contribution in [2.45, 2.75) is 19.2 Å². The summed E-state index contributed by atoms with van der Waals surface area (Å²) in [5.74, 6) is -0.0898. The molecule has 6 nitrogen and oxygen atoms in total. The van der Waals surface area contributed by atoms with Gasteiger partial charge < -0.3 is 10.1 Å². The number of hydrogen-bond donors (Lipinski definition) is 2. The molecule has 0 bridgehead atoms. The molecule has 13 heteroatoms. The van der Waals surface area contributed by atoms with Crippen LogP contribution in [0, 0.1) is 3.57 Å². The van der Waals surface area contributed by atoms with Crippen LogP contribution in [0.2, 0.25) is 10.0 Å². The molecule has 39 heavy (non-hydrogen) atoms. The van der Waals surface area contributed by atoms with E-state index in [1.165, 1.54) is 18.3 Å². The van der Waals surface area contributed by atoms with Crippen LogP contribution in [0.3, 0.4) is 0 Å². The van der Waals surface area contributed by atoms with Crippen LogP contribution >= 0.6 is 57.1 Å². The first kappa shape index (κ1) is 29.1. The molecule has 0 aliphatic carbocycles. The maximum Gasteiger partial charge on any atom is 0.416 e. The average molecular weight is 705 g/mol. The lowest BCUT2D eigenvalue weighted by atomic mass is 10.2. The molecule has 0 atom stereocenters. The van der Waals surface area contributed by atoms with Crippen LogP contribution in [0.4, 0.5) is 24.0 Å². The number of benzene rings is 3. The van der Waals surface area contributed by atoms with Gasteiger partial charge in [-0.25, -0.2) is 10.4 Å². The van der Waals surface area contributed by atoms with E-state index < -0.39 is 17.6 Å². The summed E-state index contributed by atoms with van der Waals surface area (Å²) in [5.41, 5.74) is 3.82. The number of carbonyl (C=O) groups excluding carboxylic acids is 1. The standard InChI is InChI=1S/C26H18Cl2F3IN4O2S/c27-21-8-16(9-22(28)24(21)38-13-15-4-6-18(32)7-5-15)12-33-36-23(37)11-20-14-39-25(35-20)34-19-3-1-2-17(10-19)26(29,30)31/h1-10,12,14H,11,13H2,(H,34,35)(H,36,37)/b33-12-. The highest BCUT2D eigenvalue weighted by Gasteiger charge is 2.30. The van der Waals surface area contributed by atoms with Crippen molar-refractivity contribution in [3.63, 3.8) is 0 Å². The van der Waals surface area contributed by atoms with Gasteiger partial charge in [0.1, 0.15) is 6.61 Å². The third-order valence-corrected chi connectivity index (χ3v) is 7.14. The van der Waals surface area contributed by atoms with E-state index >= 15 is 0 Å². The van der Waals surface area contributed by atoms with Crippen molar-refractivity contribution in [1.29, 1.82) is 0 Å². The summed E-state index contributed by atoms with van der Waals surface area (Å²) in [6.07, 6.45) is -3.14. The van der Waals surface area contributed by atoms with Crippen LogP contribution in [0.15, 0.2) is 71.1 Å². The van der Waals surface area contributed by atoms with Gasteiger partial charge in [0, 0.05) is 14.6 Å². The highest BCUT2D eigenvalue weighted by molar-refractivity contribution is 14.1. The molecule has 0 saturated heterocycles. The Balaban J connectivity index is 1.29. The minimum atomic E-state index is -4.45. The number of hydrogen-bond acceptors (Lipinski definition) is 6. The van der Waals surface area contributed by atoms with Gasteiger partial charge in [-0.1, -0.05) is 41.4 Å². The van der Waals surface area contributed by atoms with E-state index in [0.29, 0.717) is 38.8 Å². The average Bonchev–Trinajstić information content (AvgIpc) is 3.30. The zero-order valence-electron chi connectivity index (χ0n) is 19.7. The molecule has 0 radical (unpaired) electrons. The first-order valence-corrected chi connectivity index (χ1v) is 13.8. The first-order valence-electron chi connectivity index (χ1n) is 11.1. The van der Waals surface area contributed by atoms with Gasteiger partial charge in [-0.3, -0.25) is 4.79 Å². The molecule has 4 aromatic rings. The van der Waals surface area contributed by atoms with E-state index in [9.17, 15) is 18.0 Å². The number of rotatable bonds is 9. The summed E-state index contributed by atoms with van der Waals surface area (Å²) < 4.78 is 45.6. The van der Waals surface area contributed by atoms with Crippen LogP contribution in [0.5, 0.6) is 5.75 Å². The molecule has 1 heterocycles. The van der Waals surface area contributed by atoms with Gasteiger partial charge in [-0.05, 0) is 76.2 Å². The van der Waals surface area contributed by atoms with Crippen molar-refractivity contribution in [3.8, 4) is 5.75 Å². The maximum atomic E-state index is 12.9. The Labute approximate surface area is 249 Å². The lowest BCUT2D eigenvalue weighted by Crippen LogP contribution is -2.19. The molecule has 0 unspecified atom stereocenters. The van der Waals surface area contributed by atoms with Gasteiger partial charge in [0.15, 0.2) is 10.9 Å². The van der Waals surface area contributed by atoms with Crippen LogP contribution in [0.1, 0.15) is 22.4 Å². The molecule has 1 aromatic heterocycles. The molecule has 4 rings (SSSR count). The normalized spacial score (nSPS) is 11.5. The maximum absolute atomic E-state index is 12.9. The molecule has 202 valence electrons. The fraction of sp³-hybridized carbons (Fsp3) is 0.115. The molecule has 0 fully saturated rings. The number of halogens is 6. The molecule has 0 spiro atoms. The lowest BCUT2D eigenvalue weighted by molar-refractivity contribution is -0.137. The number of amides is 1. The highest BCUT2D eigenvalue weighted by atomic mass is 127. The van der Waals surface area contributed by atoms with Crippen LogP contribution in [-0.2, 0) is 24.0 Å². The van der Waals surface area contributed by atoms with Crippen molar-refractivity contribution in [1.82, 2.24) is 10.4 Å². The number of thiazole rings is 1. The molecule has 1 amide bonds.